The molecule has 8 nitrogen and oxygen atoms in total. The number of morpholine rings is 1. The summed E-state index contributed by atoms with van der Waals surface area (Å²) in [5, 5.41) is -0.498. The second-order valence-electron chi connectivity index (χ2n) is 6.08. The molecule has 2 aliphatic heterocycles. The number of carbonyl (C=O) groups excluding carboxylic acids is 3. The van der Waals surface area contributed by atoms with Crippen LogP contribution in [0, 0.1) is 0 Å². The lowest BCUT2D eigenvalue weighted by molar-refractivity contribution is -0.149. The number of carbonyl (C=O) groups is 3. The number of furan rings is 1. The van der Waals surface area contributed by atoms with E-state index < -0.39 is 23.7 Å². The number of ether oxygens (including phenoxy) is 2. The van der Waals surface area contributed by atoms with Crippen LogP contribution in [0.25, 0.3) is 6.08 Å². The number of thioether (sulfide) groups is 1. The highest BCUT2D eigenvalue weighted by Gasteiger charge is 2.37. The van der Waals surface area contributed by atoms with Crippen molar-refractivity contribution < 1.29 is 28.3 Å². The summed E-state index contributed by atoms with van der Waals surface area (Å²) in [6.45, 7) is 5.77. The Balaban J connectivity index is 1.67. The molecule has 2 aliphatic rings. The molecule has 9 heteroatoms. The van der Waals surface area contributed by atoms with E-state index in [9.17, 15) is 14.4 Å². The van der Waals surface area contributed by atoms with E-state index in [1.165, 1.54) is 6.08 Å². The summed E-state index contributed by atoms with van der Waals surface area (Å²) in [5.41, 5.74) is 0. The summed E-state index contributed by atoms with van der Waals surface area (Å²) in [6, 6.07) is 3.56. The highest BCUT2D eigenvalue weighted by molar-refractivity contribution is 8.18. The molecule has 0 unspecified atom stereocenters. The Kier molecular flexibility index (Phi) is 5.67. The van der Waals surface area contributed by atoms with Crippen LogP contribution < -0.4 is 4.90 Å². The van der Waals surface area contributed by atoms with Crippen LogP contribution >= 0.6 is 11.8 Å². The maximum absolute atomic E-state index is 12.4. The molecule has 0 saturated carbocycles. The van der Waals surface area contributed by atoms with Gasteiger partial charge in [0.05, 0.1) is 24.2 Å². The Morgan fingerprint density at radius 1 is 1.31 bits per heavy atom. The maximum Gasteiger partial charge on any atom is 0.326 e. The van der Waals surface area contributed by atoms with Gasteiger partial charge in [-0.2, -0.15) is 0 Å². The standard InChI is InChI=1S/C17H20N2O6S/c1-11(2)24-15(20)10-19-16(21)13(26-17(19)22)9-12-3-4-14(25-12)18-5-7-23-8-6-18/h3-4,9,11H,5-8,10H2,1-2H3/b13-9-. The summed E-state index contributed by atoms with van der Waals surface area (Å²) < 4.78 is 16.0. The van der Waals surface area contributed by atoms with Crippen LogP contribution in [0.1, 0.15) is 19.6 Å². The van der Waals surface area contributed by atoms with E-state index in [4.69, 9.17) is 13.9 Å². The zero-order valence-corrected chi connectivity index (χ0v) is 15.4. The summed E-state index contributed by atoms with van der Waals surface area (Å²) in [7, 11) is 0. The highest BCUT2D eigenvalue weighted by atomic mass is 32.2. The number of rotatable bonds is 5. The third-order valence-electron chi connectivity index (χ3n) is 3.74. The second-order valence-corrected chi connectivity index (χ2v) is 7.08. The van der Waals surface area contributed by atoms with E-state index in [-0.39, 0.29) is 11.0 Å². The Morgan fingerprint density at radius 2 is 2.04 bits per heavy atom. The Hall–Kier alpha value is -2.26. The molecule has 0 bridgehead atoms. The first-order valence-corrected chi connectivity index (χ1v) is 9.13. The zero-order chi connectivity index (χ0) is 18.7. The molecular weight excluding hydrogens is 360 g/mol. The minimum absolute atomic E-state index is 0.218. The molecule has 0 spiro atoms. The van der Waals surface area contributed by atoms with Crippen molar-refractivity contribution in [2.24, 2.45) is 0 Å². The van der Waals surface area contributed by atoms with Gasteiger partial charge < -0.3 is 18.8 Å². The molecule has 2 saturated heterocycles. The predicted octanol–water partition coefficient (Wildman–Crippen LogP) is 2.10. The molecule has 0 atom stereocenters. The monoisotopic (exact) mass is 380 g/mol. The fourth-order valence-electron chi connectivity index (χ4n) is 2.57. The highest BCUT2D eigenvalue weighted by Crippen LogP contribution is 2.33. The molecule has 140 valence electrons. The van der Waals surface area contributed by atoms with Crippen molar-refractivity contribution in [3.05, 3.63) is 22.8 Å². The Bertz CT molecular complexity index is 735. The summed E-state index contributed by atoms with van der Waals surface area (Å²) >= 11 is 0.780. The van der Waals surface area contributed by atoms with Gasteiger partial charge in [-0.25, -0.2) is 0 Å². The van der Waals surface area contributed by atoms with Gasteiger partial charge in [0, 0.05) is 25.2 Å². The minimum atomic E-state index is -0.615. The van der Waals surface area contributed by atoms with Gasteiger partial charge in [-0.3, -0.25) is 19.3 Å². The lowest BCUT2D eigenvalue weighted by atomic mass is 10.3. The van der Waals surface area contributed by atoms with Crippen molar-refractivity contribution in [1.82, 2.24) is 4.90 Å². The Morgan fingerprint density at radius 3 is 2.73 bits per heavy atom. The normalized spacial score (nSPS) is 19.7. The smallest absolute Gasteiger partial charge is 0.326 e. The topological polar surface area (TPSA) is 89.3 Å². The van der Waals surface area contributed by atoms with Gasteiger partial charge in [0.1, 0.15) is 12.3 Å². The van der Waals surface area contributed by atoms with E-state index in [0.717, 1.165) is 29.8 Å². The number of nitrogens with zero attached hydrogens (tertiary/aromatic N) is 2. The molecule has 1 aromatic heterocycles. The summed E-state index contributed by atoms with van der Waals surface area (Å²) in [4.78, 5) is 39.3. The van der Waals surface area contributed by atoms with Gasteiger partial charge in [-0.15, -0.1) is 0 Å². The quantitative estimate of drug-likeness (QED) is 0.567. The third kappa shape index (κ3) is 4.28. The van der Waals surface area contributed by atoms with Crippen LogP contribution in [0.4, 0.5) is 10.7 Å². The van der Waals surface area contributed by atoms with Crippen molar-refractivity contribution >= 4 is 40.8 Å². The molecule has 0 radical (unpaired) electrons. The average Bonchev–Trinajstić information content (AvgIpc) is 3.16. The SMILES string of the molecule is CC(C)OC(=O)CN1C(=O)S/C(=C\c2ccc(N3CCOCC3)o2)C1=O. The van der Waals surface area contributed by atoms with Crippen molar-refractivity contribution in [2.75, 3.05) is 37.7 Å². The molecular formula is C17H20N2O6S. The van der Waals surface area contributed by atoms with Crippen molar-refractivity contribution in [1.29, 1.82) is 0 Å². The molecule has 0 N–H and O–H groups in total. The predicted molar refractivity (Wildman–Crippen MR) is 95.6 cm³/mol. The number of imide groups is 1. The van der Waals surface area contributed by atoms with E-state index in [0.29, 0.717) is 24.9 Å². The minimum Gasteiger partial charge on any atom is -0.462 e. The maximum atomic E-state index is 12.4. The van der Waals surface area contributed by atoms with Gasteiger partial charge >= 0.3 is 5.97 Å². The largest absolute Gasteiger partial charge is 0.462 e. The first-order valence-electron chi connectivity index (χ1n) is 8.31. The van der Waals surface area contributed by atoms with E-state index in [1.807, 2.05) is 6.07 Å². The van der Waals surface area contributed by atoms with Gasteiger partial charge in [-0.1, -0.05) is 0 Å². The number of hydrogen-bond donors (Lipinski definition) is 0. The number of esters is 1. The molecule has 1 aromatic rings. The van der Waals surface area contributed by atoms with Crippen LogP contribution in [0.5, 0.6) is 0 Å². The third-order valence-corrected chi connectivity index (χ3v) is 4.64. The molecule has 26 heavy (non-hydrogen) atoms. The second kappa shape index (κ2) is 7.96. The summed E-state index contributed by atoms with van der Waals surface area (Å²) in [5.74, 6) is 0.0298. The van der Waals surface area contributed by atoms with Gasteiger partial charge in [0.2, 0.25) is 0 Å². The number of anilines is 1. The van der Waals surface area contributed by atoms with Gasteiger partial charge in [0.15, 0.2) is 5.88 Å². The van der Waals surface area contributed by atoms with Crippen molar-refractivity contribution in [2.45, 2.75) is 20.0 Å². The van der Waals surface area contributed by atoms with Crippen LogP contribution in [0.2, 0.25) is 0 Å². The van der Waals surface area contributed by atoms with E-state index >= 15 is 0 Å². The zero-order valence-electron chi connectivity index (χ0n) is 14.6. The van der Waals surface area contributed by atoms with Crippen LogP contribution in [-0.4, -0.2) is 61.0 Å². The molecule has 0 aromatic carbocycles. The van der Waals surface area contributed by atoms with Crippen LogP contribution in [0.3, 0.4) is 0 Å². The summed E-state index contributed by atoms with van der Waals surface area (Å²) in [6.07, 6.45) is 1.21. The lowest BCUT2D eigenvalue weighted by Gasteiger charge is -2.26. The van der Waals surface area contributed by atoms with Crippen LogP contribution in [0.15, 0.2) is 21.5 Å². The fraction of sp³-hybridized carbons (Fsp3) is 0.471. The fourth-order valence-corrected chi connectivity index (χ4v) is 3.39. The van der Waals surface area contributed by atoms with Crippen molar-refractivity contribution in [3.63, 3.8) is 0 Å². The molecule has 2 fully saturated rings. The number of hydrogen-bond acceptors (Lipinski definition) is 8. The Labute approximate surface area is 155 Å². The van der Waals surface area contributed by atoms with Gasteiger partial charge in [0.25, 0.3) is 11.1 Å². The van der Waals surface area contributed by atoms with Crippen molar-refractivity contribution in [3.8, 4) is 0 Å². The number of amides is 2. The van der Waals surface area contributed by atoms with Crippen LogP contribution in [-0.2, 0) is 19.1 Å². The molecule has 3 rings (SSSR count). The molecule has 2 amide bonds. The van der Waals surface area contributed by atoms with E-state index in [1.54, 1.807) is 19.9 Å². The van der Waals surface area contributed by atoms with Gasteiger partial charge in [-0.05, 0) is 31.7 Å². The first-order chi connectivity index (χ1) is 12.4. The molecule has 3 heterocycles. The lowest BCUT2D eigenvalue weighted by Crippen LogP contribution is -2.35. The first kappa shape index (κ1) is 18.5. The molecule has 0 aliphatic carbocycles. The average molecular weight is 380 g/mol. The van der Waals surface area contributed by atoms with E-state index in [2.05, 4.69) is 4.90 Å².